The second kappa shape index (κ2) is 4.57. The summed E-state index contributed by atoms with van der Waals surface area (Å²) in [6.45, 7) is 0. The molecule has 1 atom stereocenters. The third kappa shape index (κ3) is 3.31. The van der Waals surface area contributed by atoms with Crippen LogP contribution in [0.2, 0.25) is 0 Å². The molecule has 1 aromatic rings. The lowest BCUT2D eigenvalue weighted by Gasteiger charge is -2.08. The van der Waals surface area contributed by atoms with Crippen LogP contribution in [0.25, 0.3) is 0 Å². The van der Waals surface area contributed by atoms with Crippen LogP contribution >= 0.6 is 22.6 Å². The minimum atomic E-state index is -0.869. The van der Waals surface area contributed by atoms with Gasteiger partial charge in [0.25, 0.3) is 0 Å². The maximum Gasteiger partial charge on any atom is 0.305 e. The zero-order valence-corrected chi connectivity index (χ0v) is 9.06. The molecule has 0 aliphatic rings. The first-order chi connectivity index (χ1) is 6.09. The standard InChI is InChI=1S/C9H10INO2/c10-7-3-1-2-6(4-7)8(11)5-9(12)13/h1-4,8H,5,11H2,(H,12,13)/t8-/m1/s1. The highest BCUT2D eigenvalue weighted by Gasteiger charge is 2.09. The molecule has 4 heteroatoms. The molecule has 0 amide bonds. The topological polar surface area (TPSA) is 63.3 Å². The number of halogens is 1. The van der Waals surface area contributed by atoms with Gasteiger partial charge >= 0.3 is 5.97 Å². The average molecular weight is 291 g/mol. The Labute approximate surface area is 90.1 Å². The van der Waals surface area contributed by atoms with Crippen LogP contribution in [0.15, 0.2) is 24.3 Å². The van der Waals surface area contributed by atoms with E-state index in [-0.39, 0.29) is 6.42 Å². The molecule has 0 aromatic heterocycles. The molecular weight excluding hydrogens is 281 g/mol. The molecule has 0 spiro atoms. The Hall–Kier alpha value is -0.620. The highest BCUT2D eigenvalue weighted by Crippen LogP contribution is 2.16. The van der Waals surface area contributed by atoms with Gasteiger partial charge in [-0.05, 0) is 40.3 Å². The molecule has 0 fully saturated rings. The molecule has 0 saturated heterocycles. The summed E-state index contributed by atoms with van der Waals surface area (Å²) in [6.07, 6.45) is -0.0277. The number of carbonyl (C=O) groups is 1. The van der Waals surface area contributed by atoms with Crippen LogP contribution in [-0.4, -0.2) is 11.1 Å². The van der Waals surface area contributed by atoms with Gasteiger partial charge in [-0.15, -0.1) is 0 Å². The van der Waals surface area contributed by atoms with Gasteiger partial charge in [0.15, 0.2) is 0 Å². The molecule has 13 heavy (non-hydrogen) atoms. The molecule has 0 unspecified atom stereocenters. The SMILES string of the molecule is N[C@H](CC(=O)O)c1cccc(I)c1. The van der Waals surface area contributed by atoms with Crippen molar-refractivity contribution < 1.29 is 9.90 Å². The van der Waals surface area contributed by atoms with Gasteiger partial charge in [0.2, 0.25) is 0 Å². The fraction of sp³-hybridized carbons (Fsp3) is 0.222. The normalized spacial score (nSPS) is 12.5. The molecule has 0 aliphatic heterocycles. The molecule has 0 saturated carbocycles. The average Bonchev–Trinajstić information content (AvgIpc) is 2.03. The predicted octanol–water partition coefficient (Wildman–Crippen LogP) is 1.77. The van der Waals surface area contributed by atoms with Crippen molar-refractivity contribution in [3.05, 3.63) is 33.4 Å². The summed E-state index contributed by atoms with van der Waals surface area (Å²) in [6, 6.07) is 7.15. The summed E-state index contributed by atoms with van der Waals surface area (Å²) in [7, 11) is 0. The molecule has 1 aromatic carbocycles. The molecule has 70 valence electrons. The number of aliphatic carboxylic acids is 1. The van der Waals surface area contributed by atoms with E-state index in [1.165, 1.54) is 0 Å². The van der Waals surface area contributed by atoms with Crippen molar-refractivity contribution >= 4 is 28.6 Å². The first-order valence-corrected chi connectivity index (χ1v) is 4.90. The number of nitrogens with two attached hydrogens (primary N) is 1. The van der Waals surface area contributed by atoms with E-state index in [1.807, 2.05) is 24.3 Å². The van der Waals surface area contributed by atoms with Crippen molar-refractivity contribution in [2.24, 2.45) is 5.73 Å². The predicted molar refractivity (Wildman–Crippen MR) is 58.3 cm³/mol. The minimum Gasteiger partial charge on any atom is -0.481 e. The Balaban J connectivity index is 2.76. The summed E-state index contributed by atoms with van der Waals surface area (Å²) in [5, 5.41) is 8.53. The quantitative estimate of drug-likeness (QED) is 0.834. The molecular formula is C9H10INO2. The molecule has 1 rings (SSSR count). The molecule has 0 aliphatic carbocycles. The monoisotopic (exact) mass is 291 g/mol. The summed E-state index contributed by atoms with van der Waals surface area (Å²) < 4.78 is 1.07. The Morgan fingerprint density at radius 1 is 1.62 bits per heavy atom. The zero-order chi connectivity index (χ0) is 9.84. The summed E-state index contributed by atoms with van der Waals surface area (Å²) >= 11 is 2.17. The van der Waals surface area contributed by atoms with Crippen molar-refractivity contribution in [3.8, 4) is 0 Å². The van der Waals surface area contributed by atoms with Gasteiger partial charge in [-0.1, -0.05) is 12.1 Å². The lowest BCUT2D eigenvalue weighted by Crippen LogP contribution is -2.14. The summed E-state index contributed by atoms with van der Waals surface area (Å²) in [5.74, 6) is -0.869. The van der Waals surface area contributed by atoms with Gasteiger partial charge in [-0.3, -0.25) is 4.79 Å². The van der Waals surface area contributed by atoms with Crippen molar-refractivity contribution in [2.45, 2.75) is 12.5 Å². The van der Waals surface area contributed by atoms with Gasteiger partial charge in [0, 0.05) is 9.61 Å². The number of benzene rings is 1. The number of hydrogen-bond acceptors (Lipinski definition) is 2. The van der Waals surface area contributed by atoms with Gasteiger partial charge in [0.1, 0.15) is 0 Å². The van der Waals surface area contributed by atoms with E-state index >= 15 is 0 Å². The van der Waals surface area contributed by atoms with Gasteiger partial charge in [0.05, 0.1) is 6.42 Å². The Morgan fingerprint density at radius 3 is 2.85 bits per heavy atom. The van der Waals surface area contributed by atoms with E-state index < -0.39 is 12.0 Å². The van der Waals surface area contributed by atoms with Gasteiger partial charge in [-0.25, -0.2) is 0 Å². The van der Waals surface area contributed by atoms with Crippen LogP contribution in [-0.2, 0) is 4.79 Å². The molecule has 0 radical (unpaired) electrons. The van der Waals surface area contributed by atoms with E-state index in [9.17, 15) is 4.79 Å². The summed E-state index contributed by atoms with van der Waals surface area (Å²) in [4.78, 5) is 10.4. The smallest absolute Gasteiger partial charge is 0.305 e. The maximum atomic E-state index is 10.4. The third-order valence-corrected chi connectivity index (χ3v) is 2.34. The van der Waals surface area contributed by atoms with Crippen LogP contribution in [0, 0.1) is 3.57 Å². The second-order valence-electron chi connectivity index (χ2n) is 2.76. The third-order valence-electron chi connectivity index (χ3n) is 1.67. The van der Waals surface area contributed by atoms with Crippen LogP contribution < -0.4 is 5.73 Å². The minimum absolute atomic E-state index is 0.0277. The fourth-order valence-corrected chi connectivity index (χ4v) is 1.61. The largest absolute Gasteiger partial charge is 0.481 e. The zero-order valence-electron chi connectivity index (χ0n) is 6.90. The van der Waals surface area contributed by atoms with E-state index in [2.05, 4.69) is 22.6 Å². The Bertz CT molecular complexity index is 314. The first kappa shape index (κ1) is 10.5. The highest BCUT2D eigenvalue weighted by atomic mass is 127. The number of carboxylic acids is 1. The van der Waals surface area contributed by atoms with E-state index in [4.69, 9.17) is 10.8 Å². The van der Waals surface area contributed by atoms with Gasteiger partial charge < -0.3 is 10.8 Å². The van der Waals surface area contributed by atoms with Crippen LogP contribution in [0.1, 0.15) is 18.0 Å². The number of carboxylic acid groups (broad SMARTS) is 1. The lowest BCUT2D eigenvalue weighted by atomic mass is 10.1. The number of hydrogen-bond donors (Lipinski definition) is 2. The van der Waals surface area contributed by atoms with Gasteiger partial charge in [-0.2, -0.15) is 0 Å². The highest BCUT2D eigenvalue weighted by molar-refractivity contribution is 14.1. The lowest BCUT2D eigenvalue weighted by molar-refractivity contribution is -0.137. The van der Waals surface area contributed by atoms with Crippen molar-refractivity contribution in [3.63, 3.8) is 0 Å². The fourth-order valence-electron chi connectivity index (χ4n) is 1.04. The molecule has 0 bridgehead atoms. The molecule has 3 N–H and O–H groups in total. The molecule has 0 heterocycles. The van der Waals surface area contributed by atoms with Crippen LogP contribution in [0.4, 0.5) is 0 Å². The molecule has 3 nitrogen and oxygen atoms in total. The van der Waals surface area contributed by atoms with Crippen molar-refractivity contribution in [1.82, 2.24) is 0 Å². The van der Waals surface area contributed by atoms with E-state index in [0.29, 0.717) is 0 Å². The van der Waals surface area contributed by atoms with E-state index in [1.54, 1.807) is 0 Å². The Morgan fingerprint density at radius 2 is 2.31 bits per heavy atom. The van der Waals surface area contributed by atoms with Crippen LogP contribution in [0.3, 0.4) is 0 Å². The Kier molecular flexibility index (Phi) is 3.68. The second-order valence-corrected chi connectivity index (χ2v) is 4.00. The summed E-state index contributed by atoms with van der Waals surface area (Å²) in [5.41, 5.74) is 6.55. The van der Waals surface area contributed by atoms with E-state index in [0.717, 1.165) is 9.13 Å². The number of rotatable bonds is 3. The van der Waals surface area contributed by atoms with Crippen molar-refractivity contribution in [1.29, 1.82) is 0 Å². The first-order valence-electron chi connectivity index (χ1n) is 3.82. The maximum absolute atomic E-state index is 10.4. The van der Waals surface area contributed by atoms with Crippen LogP contribution in [0.5, 0.6) is 0 Å². The van der Waals surface area contributed by atoms with Crippen molar-refractivity contribution in [2.75, 3.05) is 0 Å².